The lowest BCUT2D eigenvalue weighted by Crippen LogP contribution is -2.39. The highest BCUT2D eigenvalue weighted by atomic mass is 16.5. The molecule has 0 radical (unpaired) electrons. The molecule has 210 valence electrons. The molecule has 3 aromatic rings. The zero-order valence-corrected chi connectivity index (χ0v) is 23.0. The Morgan fingerprint density at radius 3 is 2.67 bits per heavy atom. The van der Waals surface area contributed by atoms with E-state index in [2.05, 4.69) is 32.3 Å². The maximum Gasteiger partial charge on any atom is 0.254 e. The number of piperidine rings is 1. The number of nitrogens with one attached hydrogen (secondary N) is 2. The lowest BCUT2D eigenvalue weighted by Gasteiger charge is -2.32. The minimum absolute atomic E-state index is 0.0290. The standard InChI is InChI=1S/C27H33N9O4/c1-6-22(37)35-9-7-8-19(15-35)36-14-18(12-30-36)31-27-29-13-20(24(28)38)25(33-27)32-23-16(2)10-17(11-21(23)40-5)26(39)34(3)4/h6,10-14,19H,1,7-9,15H2,2-5H3,(H2,28,38)(H2,29,31,32,33)/t19-/m1/s1. The number of rotatable bonds is 9. The monoisotopic (exact) mass is 547 g/mol. The fourth-order valence-corrected chi connectivity index (χ4v) is 4.53. The molecule has 40 heavy (non-hydrogen) atoms. The van der Waals surface area contributed by atoms with Crippen molar-refractivity contribution < 1.29 is 19.1 Å². The van der Waals surface area contributed by atoms with Gasteiger partial charge in [-0.1, -0.05) is 6.58 Å². The average molecular weight is 548 g/mol. The van der Waals surface area contributed by atoms with E-state index in [0.717, 1.165) is 12.8 Å². The molecule has 3 amide bonds. The molecule has 1 saturated heterocycles. The largest absolute Gasteiger partial charge is 0.495 e. The number of aryl methyl sites for hydroxylation is 1. The molecule has 0 spiro atoms. The Hall–Kier alpha value is -4.94. The molecule has 1 aromatic carbocycles. The van der Waals surface area contributed by atoms with Crippen molar-refractivity contribution in [3.8, 4) is 5.75 Å². The summed E-state index contributed by atoms with van der Waals surface area (Å²) in [6.07, 6.45) is 7.87. The number of ether oxygens (including phenoxy) is 1. The number of hydrogen-bond acceptors (Lipinski definition) is 9. The number of nitrogens with zero attached hydrogens (tertiary/aromatic N) is 6. The molecule has 0 saturated carbocycles. The lowest BCUT2D eigenvalue weighted by atomic mass is 10.1. The summed E-state index contributed by atoms with van der Waals surface area (Å²) in [4.78, 5) is 48.7. The van der Waals surface area contributed by atoms with E-state index in [1.807, 2.05) is 17.8 Å². The van der Waals surface area contributed by atoms with Crippen molar-refractivity contribution in [3.05, 3.63) is 60.1 Å². The number of carbonyl (C=O) groups is 3. The molecule has 1 aliphatic heterocycles. The Bertz CT molecular complexity index is 1450. The van der Waals surface area contributed by atoms with Gasteiger partial charge in [-0.3, -0.25) is 19.1 Å². The third-order valence-electron chi connectivity index (χ3n) is 6.58. The van der Waals surface area contributed by atoms with Crippen LogP contribution in [0.2, 0.25) is 0 Å². The molecule has 1 aliphatic rings. The predicted molar refractivity (Wildman–Crippen MR) is 150 cm³/mol. The fraction of sp³-hybridized carbons (Fsp3) is 0.333. The van der Waals surface area contributed by atoms with E-state index in [-0.39, 0.29) is 35.2 Å². The van der Waals surface area contributed by atoms with Crippen LogP contribution in [0.4, 0.5) is 23.1 Å². The summed E-state index contributed by atoms with van der Waals surface area (Å²) in [6, 6.07) is 3.37. The van der Waals surface area contributed by atoms with E-state index in [1.54, 1.807) is 37.3 Å². The fourth-order valence-electron chi connectivity index (χ4n) is 4.53. The van der Waals surface area contributed by atoms with Crippen LogP contribution in [0.5, 0.6) is 5.75 Å². The number of hydrogen-bond donors (Lipinski definition) is 3. The van der Waals surface area contributed by atoms with Crippen molar-refractivity contribution in [1.82, 2.24) is 29.5 Å². The van der Waals surface area contributed by atoms with Gasteiger partial charge < -0.3 is 30.9 Å². The van der Waals surface area contributed by atoms with Crippen LogP contribution in [0.25, 0.3) is 0 Å². The molecule has 4 N–H and O–H groups in total. The molecule has 1 fully saturated rings. The molecule has 13 nitrogen and oxygen atoms in total. The molecule has 1 atom stereocenters. The van der Waals surface area contributed by atoms with E-state index >= 15 is 0 Å². The van der Waals surface area contributed by atoms with Crippen molar-refractivity contribution in [2.24, 2.45) is 5.73 Å². The Morgan fingerprint density at radius 2 is 2.00 bits per heavy atom. The second-order valence-electron chi connectivity index (χ2n) is 9.63. The summed E-state index contributed by atoms with van der Waals surface area (Å²) in [7, 11) is 4.83. The number of amides is 3. The predicted octanol–water partition coefficient (Wildman–Crippen LogP) is 2.63. The van der Waals surface area contributed by atoms with E-state index in [4.69, 9.17) is 10.5 Å². The number of aromatic nitrogens is 4. The van der Waals surface area contributed by atoms with Crippen molar-refractivity contribution in [1.29, 1.82) is 0 Å². The zero-order valence-electron chi connectivity index (χ0n) is 23.0. The number of primary amides is 1. The van der Waals surface area contributed by atoms with Crippen molar-refractivity contribution in [2.75, 3.05) is 44.9 Å². The number of carbonyl (C=O) groups excluding carboxylic acids is 3. The SMILES string of the molecule is C=CC(=O)N1CCC[C@@H](n2cc(Nc3ncc(C(N)=O)c(Nc4c(C)cc(C(=O)N(C)C)cc4OC)n3)cn2)C1. The first-order valence-electron chi connectivity index (χ1n) is 12.7. The first kappa shape index (κ1) is 28.1. The van der Waals surface area contributed by atoms with Crippen LogP contribution < -0.4 is 21.1 Å². The average Bonchev–Trinajstić information content (AvgIpc) is 3.41. The normalized spacial score (nSPS) is 14.8. The Kier molecular flexibility index (Phi) is 8.31. The van der Waals surface area contributed by atoms with Crippen molar-refractivity contribution in [3.63, 3.8) is 0 Å². The van der Waals surface area contributed by atoms with Gasteiger partial charge in [-0.25, -0.2) is 4.98 Å². The molecular weight excluding hydrogens is 514 g/mol. The van der Waals surface area contributed by atoms with E-state index in [1.165, 1.54) is 24.3 Å². The van der Waals surface area contributed by atoms with E-state index in [9.17, 15) is 14.4 Å². The molecule has 4 rings (SSSR count). The summed E-state index contributed by atoms with van der Waals surface area (Å²) in [5.41, 5.74) is 7.98. The number of methoxy groups -OCH3 is 1. The third-order valence-corrected chi connectivity index (χ3v) is 6.58. The van der Waals surface area contributed by atoms with Gasteiger partial charge in [-0.2, -0.15) is 10.1 Å². The van der Waals surface area contributed by atoms with E-state index < -0.39 is 5.91 Å². The second-order valence-corrected chi connectivity index (χ2v) is 9.63. The smallest absolute Gasteiger partial charge is 0.254 e. The maximum atomic E-state index is 12.5. The Labute approximate surface area is 232 Å². The van der Waals surface area contributed by atoms with Gasteiger partial charge >= 0.3 is 0 Å². The first-order valence-corrected chi connectivity index (χ1v) is 12.7. The van der Waals surface area contributed by atoms with Gasteiger partial charge in [0.05, 0.1) is 30.7 Å². The highest BCUT2D eigenvalue weighted by Gasteiger charge is 2.24. The van der Waals surface area contributed by atoms with Crippen LogP contribution in [0.15, 0.2) is 43.4 Å². The van der Waals surface area contributed by atoms with Crippen molar-refractivity contribution >= 4 is 40.9 Å². The van der Waals surface area contributed by atoms with E-state index in [0.29, 0.717) is 41.3 Å². The molecule has 13 heteroatoms. The third kappa shape index (κ3) is 6.03. The van der Waals surface area contributed by atoms with Gasteiger partial charge in [0.25, 0.3) is 11.8 Å². The number of nitrogens with two attached hydrogens (primary N) is 1. The molecule has 3 heterocycles. The van der Waals surface area contributed by atoms with Crippen LogP contribution in [0, 0.1) is 6.92 Å². The van der Waals surface area contributed by atoms with Gasteiger partial charge in [0.1, 0.15) is 17.1 Å². The number of anilines is 4. The summed E-state index contributed by atoms with van der Waals surface area (Å²) < 4.78 is 7.35. The maximum absolute atomic E-state index is 12.5. The molecule has 0 aliphatic carbocycles. The highest BCUT2D eigenvalue weighted by Crippen LogP contribution is 2.34. The van der Waals surface area contributed by atoms with Gasteiger partial charge in [-0.05, 0) is 43.5 Å². The van der Waals surface area contributed by atoms with Crippen LogP contribution in [-0.2, 0) is 4.79 Å². The van der Waals surface area contributed by atoms with Crippen LogP contribution >= 0.6 is 0 Å². The minimum atomic E-state index is -0.714. The Balaban J connectivity index is 1.58. The summed E-state index contributed by atoms with van der Waals surface area (Å²) in [5, 5.41) is 10.7. The Morgan fingerprint density at radius 1 is 1.23 bits per heavy atom. The lowest BCUT2D eigenvalue weighted by molar-refractivity contribution is -0.127. The molecule has 0 unspecified atom stereocenters. The minimum Gasteiger partial charge on any atom is -0.495 e. The van der Waals surface area contributed by atoms with Gasteiger partial charge in [-0.15, -0.1) is 0 Å². The molecular formula is C27H33N9O4. The second kappa shape index (κ2) is 11.8. The van der Waals surface area contributed by atoms with Gasteiger partial charge in [0.2, 0.25) is 11.9 Å². The quantitative estimate of drug-likeness (QED) is 0.342. The molecule has 2 aromatic heterocycles. The van der Waals surface area contributed by atoms with Crippen LogP contribution in [0.1, 0.15) is 45.2 Å². The van der Waals surface area contributed by atoms with Crippen LogP contribution in [0.3, 0.4) is 0 Å². The zero-order chi connectivity index (χ0) is 29.0. The summed E-state index contributed by atoms with van der Waals surface area (Å²) in [5.74, 6) is -0.219. The van der Waals surface area contributed by atoms with Crippen LogP contribution in [-0.4, -0.2) is 81.6 Å². The van der Waals surface area contributed by atoms with Crippen molar-refractivity contribution in [2.45, 2.75) is 25.8 Å². The van der Waals surface area contributed by atoms with Gasteiger partial charge in [0.15, 0.2) is 0 Å². The number of likely N-dealkylation sites (tertiary alicyclic amines) is 1. The summed E-state index contributed by atoms with van der Waals surface area (Å²) in [6.45, 7) is 6.63. The van der Waals surface area contributed by atoms with Gasteiger partial charge in [0, 0.05) is 45.1 Å². The summed E-state index contributed by atoms with van der Waals surface area (Å²) >= 11 is 0. The highest BCUT2D eigenvalue weighted by molar-refractivity contribution is 5.99. The topological polar surface area (TPSA) is 161 Å². The molecule has 0 bridgehead atoms. The first-order chi connectivity index (χ1) is 19.1. The number of benzene rings is 1.